The van der Waals surface area contributed by atoms with Gasteiger partial charge in [-0.2, -0.15) is 13.2 Å². The van der Waals surface area contributed by atoms with Crippen molar-refractivity contribution >= 4 is 11.6 Å². The number of halogens is 3. The molecule has 1 amide bonds. The molecule has 1 fully saturated rings. The summed E-state index contributed by atoms with van der Waals surface area (Å²) in [6.45, 7) is 0. The first-order chi connectivity index (χ1) is 12.3. The van der Waals surface area contributed by atoms with Crippen LogP contribution in [0.4, 0.5) is 18.9 Å². The minimum Gasteiger partial charge on any atom is -0.448 e. The second-order valence-electron chi connectivity index (χ2n) is 6.51. The zero-order valence-corrected chi connectivity index (χ0v) is 13.7. The number of nitrogens with one attached hydrogen (secondary N) is 1. The predicted octanol–water partition coefficient (Wildman–Crippen LogP) is 5.00. The summed E-state index contributed by atoms with van der Waals surface area (Å²) < 4.78 is 49.6. The van der Waals surface area contributed by atoms with Crippen LogP contribution in [0.25, 0.3) is 0 Å². The molecule has 2 aromatic rings. The number of ether oxygens (including phenoxy) is 2. The van der Waals surface area contributed by atoms with Gasteiger partial charge in [0.05, 0.1) is 5.56 Å². The summed E-state index contributed by atoms with van der Waals surface area (Å²) in [5, 5.41) is 2.67. The molecular weight excluding hydrogens is 347 g/mol. The van der Waals surface area contributed by atoms with Crippen LogP contribution in [-0.4, -0.2) is 11.7 Å². The standard InChI is InChI=1S/C19H16F3NO3/c20-19(21,22)13-5-3-12(4-6-13)17(24)23-14-7-8-15-16(11-14)26-18(25-15)9-1-2-10-18/h3-8,11H,1-2,9-10H2,(H,23,24). The number of hydrogen-bond acceptors (Lipinski definition) is 3. The van der Waals surface area contributed by atoms with Gasteiger partial charge < -0.3 is 14.8 Å². The van der Waals surface area contributed by atoms with Gasteiger partial charge in [-0.15, -0.1) is 0 Å². The van der Waals surface area contributed by atoms with Crippen LogP contribution in [0.2, 0.25) is 0 Å². The molecule has 2 aromatic carbocycles. The van der Waals surface area contributed by atoms with Gasteiger partial charge in [0.15, 0.2) is 11.5 Å². The fraction of sp³-hybridized carbons (Fsp3) is 0.316. The van der Waals surface area contributed by atoms with Gasteiger partial charge in [0.25, 0.3) is 11.7 Å². The smallest absolute Gasteiger partial charge is 0.416 e. The lowest BCUT2D eigenvalue weighted by molar-refractivity contribution is -0.137. The molecule has 2 aliphatic rings. The number of amides is 1. The molecule has 0 saturated heterocycles. The molecule has 4 rings (SSSR count). The first-order valence-corrected chi connectivity index (χ1v) is 8.35. The topological polar surface area (TPSA) is 47.6 Å². The van der Waals surface area contributed by atoms with E-state index in [0.29, 0.717) is 17.2 Å². The monoisotopic (exact) mass is 363 g/mol. The second-order valence-corrected chi connectivity index (χ2v) is 6.51. The molecule has 0 atom stereocenters. The van der Waals surface area contributed by atoms with E-state index < -0.39 is 23.4 Å². The van der Waals surface area contributed by atoms with Crippen LogP contribution in [0.3, 0.4) is 0 Å². The van der Waals surface area contributed by atoms with Crippen molar-refractivity contribution in [3.05, 3.63) is 53.6 Å². The zero-order chi connectivity index (χ0) is 18.4. The average molecular weight is 363 g/mol. The number of rotatable bonds is 2. The largest absolute Gasteiger partial charge is 0.448 e. The molecule has 1 heterocycles. The molecular formula is C19H16F3NO3. The zero-order valence-electron chi connectivity index (χ0n) is 13.7. The lowest BCUT2D eigenvalue weighted by Gasteiger charge is -2.21. The Bertz CT molecular complexity index is 840. The molecule has 0 bridgehead atoms. The molecule has 1 aliphatic carbocycles. The predicted molar refractivity (Wildman–Crippen MR) is 88.3 cm³/mol. The Morgan fingerprint density at radius 3 is 2.27 bits per heavy atom. The first kappa shape index (κ1) is 16.8. The molecule has 136 valence electrons. The summed E-state index contributed by atoms with van der Waals surface area (Å²) in [5.41, 5.74) is -0.158. The van der Waals surface area contributed by atoms with Crippen LogP contribution in [-0.2, 0) is 6.18 Å². The third-order valence-corrected chi connectivity index (χ3v) is 4.63. The molecule has 0 unspecified atom stereocenters. The minimum atomic E-state index is -4.43. The van der Waals surface area contributed by atoms with Crippen molar-refractivity contribution in [2.45, 2.75) is 37.6 Å². The quantitative estimate of drug-likeness (QED) is 0.817. The molecule has 1 aliphatic heterocycles. The van der Waals surface area contributed by atoms with E-state index >= 15 is 0 Å². The highest BCUT2D eigenvalue weighted by Gasteiger charge is 2.44. The van der Waals surface area contributed by atoms with Crippen LogP contribution in [0.5, 0.6) is 11.5 Å². The molecule has 1 spiro atoms. The summed E-state index contributed by atoms with van der Waals surface area (Å²) >= 11 is 0. The Hall–Kier alpha value is -2.70. The van der Waals surface area contributed by atoms with Crippen LogP contribution in [0.1, 0.15) is 41.6 Å². The Morgan fingerprint density at radius 1 is 0.962 bits per heavy atom. The minimum absolute atomic E-state index is 0.142. The fourth-order valence-corrected chi connectivity index (χ4v) is 3.30. The SMILES string of the molecule is O=C(Nc1ccc2c(c1)OC1(CCCC1)O2)c1ccc(C(F)(F)F)cc1. The van der Waals surface area contributed by atoms with Gasteiger partial charge in [-0.1, -0.05) is 0 Å². The number of carbonyl (C=O) groups excluding carboxylic acids is 1. The highest BCUT2D eigenvalue weighted by Crippen LogP contribution is 2.47. The number of fused-ring (bicyclic) bond motifs is 1. The normalized spacial score (nSPS) is 17.5. The van der Waals surface area contributed by atoms with E-state index in [0.717, 1.165) is 49.9 Å². The lowest BCUT2D eigenvalue weighted by Crippen LogP contribution is -2.34. The Kier molecular flexibility index (Phi) is 3.82. The average Bonchev–Trinajstić information content (AvgIpc) is 3.20. The third kappa shape index (κ3) is 3.09. The summed E-state index contributed by atoms with van der Waals surface area (Å²) in [6, 6.07) is 9.15. The van der Waals surface area contributed by atoms with Gasteiger partial charge in [0.2, 0.25) is 0 Å². The van der Waals surface area contributed by atoms with E-state index in [1.807, 2.05) is 0 Å². The third-order valence-electron chi connectivity index (χ3n) is 4.63. The summed E-state index contributed by atoms with van der Waals surface area (Å²) in [5.74, 6) is 0.128. The highest BCUT2D eigenvalue weighted by molar-refractivity contribution is 6.04. The van der Waals surface area contributed by atoms with Crippen molar-refractivity contribution in [2.75, 3.05) is 5.32 Å². The van der Waals surface area contributed by atoms with Crippen molar-refractivity contribution in [3.8, 4) is 11.5 Å². The molecule has 1 saturated carbocycles. The molecule has 1 N–H and O–H groups in total. The van der Waals surface area contributed by atoms with Crippen LogP contribution >= 0.6 is 0 Å². The Labute approximate surface area is 147 Å². The maximum absolute atomic E-state index is 12.6. The first-order valence-electron chi connectivity index (χ1n) is 8.35. The highest BCUT2D eigenvalue weighted by atomic mass is 19.4. The molecule has 4 nitrogen and oxygen atoms in total. The van der Waals surface area contributed by atoms with E-state index in [4.69, 9.17) is 9.47 Å². The maximum atomic E-state index is 12.6. The number of carbonyl (C=O) groups is 1. The second kappa shape index (κ2) is 5.93. The maximum Gasteiger partial charge on any atom is 0.416 e. The Balaban J connectivity index is 1.47. The van der Waals surface area contributed by atoms with Crippen molar-refractivity contribution < 1.29 is 27.4 Å². The van der Waals surface area contributed by atoms with E-state index in [9.17, 15) is 18.0 Å². The number of anilines is 1. The summed E-state index contributed by atoms with van der Waals surface area (Å²) in [7, 11) is 0. The summed E-state index contributed by atoms with van der Waals surface area (Å²) in [6.07, 6.45) is -0.677. The van der Waals surface area contributed by atoms with Gasteiger partial charge in [-0.25, -0.2) is 0 Å². The number of hydrogen-bond donors (Lipinski definition) is 1. The van der Waals surface area contributed by atoms with E-state index in [2.05, 4.69) is 5.32 Å². The van der Waals surface area contributed by atoms with Crippen LogP contribution in [0, 0.1) is 0 Å². The molecule has 7 heteroatoms. The molecule has 26 heavy (non-hydrogen) atoms. The van der Waals surface area contributed by atoms with Crippen molar-refractivity contribution in [2.24, 2.45) is 0 Å². The van der Waals surface area contributed by atoms with E-state index in [1.54, 1.807) is 18.2 Å². The number of benzene rings is 2. The van der Waals surface area contributed by atoms with Crippen molar-refractivity contribution in [1.82, 2.24) is 0 Å². The molecule has 0 aromatic heterocycles. The van der Waals surface area contributed by atoms with Crippen LogP contribution in [0.15, 0.2) is 42.5 Å². The lowest BCUT2D eigenvalue weighted by atomic mass is 10.1. The van der Waals surface area contributed by atoms with E-state index in [1.165, 1.54) is 0 Å². The van der Waals surface area contributed by atoms with E-state index in [-0.39, 0.29) is 5.56 Å². The van der Waals surface area contributed by atoms with Gasteiger partial charge in [0, 0.05) is 30.2 Å². The van der Waals surface area contributed by atoms with Gasteiger partial charge >= 0.3 is 6.18 Å². The van der Waals surface area contributed by atoms with Gasteiger partial charge in [0.1, 0.15) is 0 Å². The van der Waals surface area contributed by atoms with Crippen LogP contribution < -0.4 is 14.8 Å². The fourth-order valence-electron chi connectivity index (χ4n) is 3.30. The summed E-state index contributed by atoms with van der Waals surface area (Å²) in [4.78, 5) is 12.3. The number of alkyl halides is 3. The molecule has 0 radical (unpaired) electrons. The van der Waals surface area contributed by atoms with Crippen molar-refractivity contribution in [3.63, 3.8) is 0 Å². The van der Waals surface area contributed by atoms with Gasteiger partial charge in [-0.05, 0) is 49.2 Å². The van der Waals surface area contributed by atoms with Crippen molar-refractivity contribution in [1.29, 1.82) is 0 Å². The Morgan fingerprint density at radius 2 is 1.62 bits per heavy atom. The van der Waals surface area contributed by atoms with Gasteiger partial charge in [-0.3, -0.25) is 4.79 Å².